The lowest BCUT2D eigenvalue weighted by molar-refractivity contribution is -0.134. The van der Waals surface area contributed by atoms with Crippen LogP contribution in [0.5, 0.6) is 0 Å². The first-order chi connectivity index (χ1) is 11.3. The van der Waals surface area contributed by atoms with Crippen LogP contribution < -0.4 is 4.90 Å². The molecule has 0 aliphatic carbocycles. The Morgan fingerprint density at radius 1 is 1.12 bits per heavy atom. The fourth-order valence-corrected chi connectivity index (χ4v) is 3.38. The van der Waals surface area contributed by atoms with E-state index in [0.29, 0.717) is 53.2 Å². The molecule has 2 heterocycles. The van der Waals surface area contributed by atoms with Gasteiger partial charge in [-0.2, -0.15) is 13.2 Å². The van der Waals surface area contributed by atoms with Gasteiger partial charge in [-0.05, 0) is 24.3 Å². The van der Waals surface area contributed by atoms with Crippen molar-refractivity contribution in [2.45, 2.75) is 6.18 Å². The molecule has 0 radical (unpaired) electrons. The molecule has 1 aliphatic rings. The quantitative estimate of drug-likeness (QED) is 0.801. The Bertz CT molecular complexity index is 724. The lowest BCUT2D eigenvalue weighted by Crippen LogP contribution is -2.48. The van der Waals surface area contributed by atoms with Crippen LogP contribution >= 0.6 is 22.9 Å². The Morgan fingerprint density at radius 3 is 2.29 bits per heavy atom. The Morgan fingerprint density at radius 2 is 1.75 bits per heavy atom. The first-order valence-corrected chi connectivity index (χ1v) is 8.37. The largest absolute Gasteiger partial charge is 0.427 e. The number of carbonyl (C=O) groups is 1. The number of rotatable bonds is 2. The van der Waals surface area contributed by atoms with Crippen molar-refractivity contribution < 1.29 is 18.0 Å². The zero-order valence-electron chi connectivity index (χ0n) is 12.4. The van der Waals surface area contributed by atoms with E-state index in [1.165, 1.54) is 0 Å². The van der Waals surface area contributed by atoms with Gasteiger partial charge >= 0.3 is 6.18 Å². The molecule has 0 atom stereocenters. The Balaban J connectivity index is 1.62. The minimum Gasteiger partial charge on any atom is -0.345 e. The van der Waals surface area contributed by atoms with Gasteiger partial charge in [-0.15, -0.1) is 0 Å². The highest BCUT2D eigenvalue weighted by Crippen LogP contribution is 2.36. The van der Waals surface area contributed by atoms with Crippen molar-refractivity contribution in [3.05, 3.63) is 45.9 Å². The number of amides is 1. The molecular weight excluding hydrogens is 363 g/mol. The van der Waals surface area contributed by atoms with Gasteiger partial charge in [0.05, 0.1) is 6.20 Å². The van der Waals surface area contributed by atoms with Crippen molar-refractivity contribution in [1.82, 2.24) is 9.88 Å². The van der Waals surface area contributed by atoms with Crippen molar-refractivity contribution in [2.24, 2.45) is 0 Å². The maximum Gasteiger partial charge on any atom is 0.427 e. The van der Waals surface area contributed by atoms with Gasteiger partial charge in [0.15, 0.2) is 5.13 Å². The second-order valence-corrected chi connectivity index (χ2v) is 6.74. The lowest BCUT2D eigenvalue weighted by atomic mass is 10.2. The number of hydrogen-bond acceptors (Lipinski definition) is 4. The first-order valence-electron chi connectivity index (χ1n) is 7.17. The molecule has 24 heavy (non-hydrogen) atoms. The average molecular weight is 376 g/mol. The molecule has 0 N–H and O–H groups in total. The van der Waals surface area contributed by atoms with Gasteiger partial charge in [0.1, 0.15) is 4.88 Å². The van der Waals surface area contributed by atoms with Crippen LogP contribution in [0.3, 0.4) is 0 Å². The summed E-state index contributed by atoms with van der Waals surface area (Å²) in [7, 11) is 0. The molecular formula is C15H13ClF3N3OS. The van der Waals surface area contributed by atoms with Gasteiger partial charge in [-0.3, -0.25) is 4.79 Å². The van der Waals surface area contributed by atoms with E-state index in [1.54, 1.807) is 34.1 Å². The standard InChI is InChI=1S/C15H13ClF3N3OS/c16-11-3-1-10(2-4-11)13(23)21-5-7-22(8-6-21)14-20-9-12(24-14)15(17,18)19/h1-4,9H,5-8H2. The van der Waals surface area contributed by atoms with Crippen LogP contribution in [0.4, 0.5) is 18.3 Å². The number of thiazole rings is 1. The monoisotopic (exact) mass is 375 g/mol. The number of aromatic nitrogens is 1. The van der Waals surface area contributed by atoms with Crippen LogP contribution in [-0.4, -0.2) is 42.0 Å². The van der Waals surface area contributed by atoms with E-state index in [2.05, 4.69) is 4.98 Å². The smallest absolute Gasteiger partial charge is 0.345 e. The maximum absolute atomic E-state index is 12.6. The van der Waals surface area contributed by atoms with Gasteiger partial charge in [-0.25, -0.2) is 4.98 Å². The molecule has 1 saturated heterocycles. The number of halogens is 4. The highest BCUT2D eigenvalue weighted by Gasteiger charge is 2.34. The number of carbonyl (C=O) groups excluding carboxylic acids is 1. The van der Waals surface area contributed by atoms with Gasteiger partial charge in [-0.1, -0.05) is 22.9 Å². The molecule has 1 aliphatic heterocycles. The topological polar surface area (TPSA) is 36.4 Å². The number of benzene rings is 1. The minimum absolute atomic E-state index is 0.110. The highest BCUT2D eigenvalue weighted by molar-refractivity contribution is 7.15. The SMILES string of the molecule is O=C(c1ccc(Cl)cc1)N1CCN(c2ncc(C(F)(F)F)s2)CC1. The maximum atomic E-state index is 12.6. The van der Waals surface area contributed by atoms with Crippen molar-refractivity contribution in [3.8, 4) is 0 Å². The molecule has 1 amide bonds. The first kappa shape index (κ1) is 17.0. The van der Waals surface area contributed by atoms with Crippen LogP contribution in [0.2, 0.25) is 5.02 Å². The van der Waals surface area contributed by atoms with Crippen LogP contribution in [0.1, 0.15) is 15.2 Å². The lowest BCUT2D eigenvalue weighted by Gasteiger charge is -2.34. The molecule has 1 aromatic heterocycles. The molecule has 2 aromatic rings. The van der Waals surface area contributed by atoms with E-state index in [1.807, 2.05) is 0 Å². The predicted octanol–water partition coefficient (Wildman–Crippen LogP) is 3.78. The summed E-state index contributed by atoms with van der Waals surface area (Å²) < 4.78 is 37.9. The summed E-state index contributed by atoms with van der Waals surface area (Å²) in [5, 5.41) is 0.890. The number of hydrogen-bond donors (Lipinski definition) is 0. The third kappa shape index (κ3) is 3.64. The average Bonchev–Trinajstić information content (AvgIpc) is 3.05. The fourth-order valence-electron chi connectivity index (χ4n) is 2.42. The van der Waals surface area contributed by atoms with E-state index in [9.17, 15) is 18.0 Å². The number of alkyl halides is 3. The molecule has 1 aromatic carbocycles. The summed E-state index contributed by atoms with van der Waals surface area (Å²) >= 11 is 6.43. The third-order valence-corrected chi connectivity index (χ3v) is 5.06. The molecule has 1 fully saturated rings. The second kappa shape index (κ2) is 6.60. The molecule has 0 spiro atoms. The van der Waals surface area contributed by atoms with Gasteiger partial charge in [0.2, 0.25) is 0 Å². The molecule has 9 heteroatoms. The highest BCUT2D eigenvalue weighted by atomic mass is 35.5. The number of nitrogens with zero attached hydrogens (tertiary/aromatic N) is 3. The number of anilines is 1. The molecule has 0 bridgehead atoms. The van der Waals surface area contributed by atoms with Crippen LogP contribution in [0.15, 0.2) is 30.5 Å². The molecule has 0 saturated carbocycles. The van der Waals surface area contributed by atoms with Crippen molar-refractivity contribution in [2.75, 3.05) is 31.1 Å². The van der Waals surface area contributed by atoms with Gasteiger partial charge in [0, 0.05) is 36.8 Å². The molecule has 128 valence electrons. The zero-order valence-corrected chi connectivity index (χ0v) is 14.0. The van der Waals surface area contributed by atoms with Gasteiger partial charge in [0.25, 0.3) is 5.91 Å². The Labute approximate surface area is 145 Å². The molecule has 3 rings (SSSR count). The minimum atomic E-state index is -4.37. The predicted molar refractivity (Wildman–Crippen MR) is 86.7 cm³/mol. The summed E-state index contributed by atoms with van der Waals surface area (Å²) in [4.78, 5) is 19.0. The number of piperazine rings is 1. The fraction of sp³-hybridized carbons (Fsp3) is 0.333. The van der Waals surface area contributed by atoms with Crippen molar-refractivity contribution >= 4 is 34.0 Å². The molecule has 4 nitrogen and oxygen atoms in total. The summed E-state index contributed by atoms with van der Waals surface area (Å²) in [5.41, 5.74) is 0.543. The second-order valence-electron chi connectivity index (χ2n) is 5.29. The summed E-state index contributed by atoms with van der Waals surface area (Å²) in [6, 6.07) is 6.62. The van der Waals surface area contributed by atoms with E-state index in [-0.39, 0.29) is 5.91 Å². The zero-order chi connectivity index (χ0) is 17.3. The Hall–Kier alpha value is -1.80. The van der Waals surface area contributed by atoms with E-state index in [0.717, 1.165) is 6.20 Å². The summed E-state index contributed by atoms with van der Waals surface area (Å²) in [5.74, 6) is -0.110. The Kier molecular flexibility index (Phi) is 4.69. The van der Waals surface area contributed by atoms with Crippen molar-refractivity contribution in [3.63, 3.8) is 0 Å². The van der Waals surface area contributed by atoms with E-state index < -0.39 is 11.1 Å². The normalized spacial score (nSPS) is 15.7. The third-order valence-electron chi connectivity index (χ3n) is 3.70. The summed E-state index contributed by atoms with van der Waals surface area (Å²) in [6.45, 7) is 1.76. The molecule has 0 unspecified atom stereocenters. The van der Waals surface area contributed by atoms with Crippen LogP contribution in [0.25, 0.3) is 0 Å². The van der Waals surface area contributed by atoms with Crippen LogP contribution in [0, 0.1) is 0 Å². The van der Waals surface area contributed by atoms with Crippen molar-refractivity contribution in [1.29, 1.82) is 0 Å². The van der Waals surface area contributed by atoms with E-state index >= 15 is 0 Å². The van der Waals surface area contributed by atoms with Gasteiger partial charge < -0.3 is 9.80 Å². The van der Waals surface area contributed by atoms with Crippen LogP contribution in [-0.2, 0) is 6.18 Å². The van der Waals surface area contributed by atoms with E-state index in [4.69, 9.17) is 11.6 Å². The summed E-state index contributed by atoms with van der Waals surface area (Å²) in [6.07, 6.45) is -3.52.